The van der Waals surface area contributed by atoms with Crippen molar-refractivity contribution in [3.63, 3.8) is 0 Å². The smallest absolute Gasteiger partial charge is 0.355 e. The minimum Gasteiger partial charge on any atom is -0.495 e. The molecule has 3 heterocycles. The van der Waals surface area contributed by atoms with Crippen molar-refractivity contribution in [2.45, 2.75) is 0 Å². The van der Waals surface area contributed by atoms with Gasteiger partial charge in [-0.05, 0) is 36.4 Å². The maximum Gasteiger partial charge on any atom is 0.355 e. The van der Waals surface area contributed by atoms with Crippen LogP contribution in [0.3, 0.4) is 0 Å². The van der Waals surface area contributed by atoms with Crippen molar-refractivity contribution < 1.29 is 23.8 Å². The first kappa shape index (κ1) is 20.9. The lowest BCUT2D eigenvalue weighted by Gasteiger charge is -2.25. The number of carbonyl (C=O) groups excluding carboxylic acids is 2. The van der Waals surface area contributed by atoms with Crippen LogP contribution < -0.4 is 9.64 Å². The molecule has 32 heavy (non-hydrogen) atoms. The number of benzene rings is 1. The van der Waals surface area contributed by atoms with Gasteiger partial charge in [-0.25, -0.2) is 19.6 Å². The van der Waals surface area contributed by atoms with Crippen LogP contribution in [0.4, 0.5) is 5.69 Å². The molecule has 0 unspecified atom stereocenters. The summed E-state index contributed by atoms with van der Waals surface area (Å²) < 4.78 is 17.2. The molecule has 3 aromatic rings. The topological polar surface area (TPSA) is 95.3 Å². The first-order chi connectivity index (χ1) is 15.6. The van der Waals surface area contributed by atoms with Gasteiger partial charge in [-0.15, -0.1) is 0 Å². The van der Waals surface area contributed by atoms with E-state index in [2.05, 4.69) is 9.97 Å². The Labute approximate surface area is 183 Å². The molecule has 0 N–H and O–H groups in total. The molecular weight excluding hydrogens is 412 g/mol. The minimum atomic E-state index is -0.703. The molecule has 1 aliphatic rings. The highest BCUT2D eigenvalue weighted by Gasteiger charge is 2.29. The molecule has 1 aromatic carbocycles. The van der Waals surface area contributed by atoms with Gasteiger partial charge in [0.05, 0.1) is 38.3 Å². The Bertz CT molecular complexity index is 1260. The second-order valence-corrected chi connectivity index (χ2v) is 6.66. The summed E-state index contributed by atoms with van der Waals surface area (Å²) >= 11 is 0. The summed E-state index contributed by atoms with van der Waals surface area (Å²) in [4.78, 5) is 35.5. The molecule has 2 aromatic heterocycles. The van der Waals surface area contributed by atoms with Crippen molar-refractivity contribution in [2.75, 3.05) is 26.2 Å². The fraction of sp³-hybridized carbons (Fsp3) is 0.130. The van der Waals surface area contributed by atoms with Crippen molar-refractivity contribution in [3.8, 4) is 17.0 Å². The number of nitrogens with zero attached hydrogens (tertiary/aromatic N) is 4. The second kappa shape index (κ2) is 8.76. The van der Waals surface area contributed by atoms with Gasteiger partial charge in [-0.3, -0.25) is 4.40 Å². The fourth-order valence-electron chi connectivity index (χ4n) is 3.36. The molecule has 0 bridgehead atoms. The van der Waals surface area contributed by atoms with Gasteiger partial charge in [0.2, 0.25) is 5.78 Å². The van der Waals surface area contributed by atoms with Crippen LogP contribution in [0.1, 0.15) is 0 Å². The third-order valence-corrected chi connectivity index (χ3v) is 4.86. The summed E-state index contributed by atoms with van der Waals surface area (Å²) in [5, 5.41) is 0. The van der Waals surface area contributed by atoms with E-state index in [4.69, 9.17) is 14.2 Å². The second-order valence-electron chi connectivity index (χ2n) is 6.66. The molecule has 0 aliphatic carbocycles. The van der Waals surface area contributed by atoms with Gasteiger partial charge >= 0.3 is 11.9 Å². The van der Waals surface area contributed by atoms with Gasteiger partial charge < -0.3 is 19.1 Å². The standard InChI is InChI=1S/C23H20N4O5/c1-30-19-9-8-15(17-14-26-11-6-10-24-23(26)25-17)13-18(19)27-12-5-4-7-16(21(28)31-2)20(27)22(29)32-3/h4-14H,1-3H3. The van der Waals surface area contributed by atoms with Crippen LogP contribution in [0.2, 0.25) is 0 Å². The summed E-state index contributed by atoms with van der Waals surface area (Å²) in [6.45, 7) is 0. The number of allylic oxidation sites excluding steroid dienone is 2. The molecule has 0 fully saturated rings. The first-order valence-corrected chi connectivity index (χ1v) is 9.60. The Kier molecular flexibility index (Phi) is 5.71. The van der Waals surface area contributed by atoms with E-state index in [0.29, 0.717) is 22.9 Å². The van der Waals surface area contributed by atoms with Crippen molar-refractivity contribution in [3.05, 3.63) is 78.6 Å². The average Bonchev–Trinajstić information content (AvgIpc) is 3.15. The lowest BCUT2D eigenvalue weighted by Crippen LogP contribution is -2.27. The number of methoxy groups -OCH3 is 3. The minimum absolute atomic E-state index is 0.00327. The van der Waals surface area contributed by atoms with E-state index >= 15 is 0 Å². The number of rotatable bonds is 5. The molecular formula is C23H20N4O5. The van der Waals surface area contributed by atoms with Crippen LogP contribution in [0.15, 0.2) is 78.6 Å². The van der Waals surface area contributed by atoms with Crippen molar-refractivity contribution in [2.24, 2.45) is 0 Å². The molecule has 0 saturated carbocycles. The van der Waals surface area contributed by atoms with E-state index in [1.165, 1.54) is 32.3 Å². The van der Waals surface area contributed by atoms with Crippen LogP contribution in [-0.4, -0.2) is 47.6 Å². The summed E-state index contributed by atoms with van der Waals surface area (Å²) in [6.07, 6.45) is 11.9. The van der Waals surface area contributed by atoms with E-state index < -0.39 is 11.9 Å². The van der Waals surface area contributed by atoms with E-state index in [1.807, 2.05) is 35.0 Å². The lowest BCUT2D eigenvalue weighted by molar-refractivity contribution is -0.139. The summed E-state index contributed by atoms with van der Waals surface area (Å²) in [5.74, 6) is -0.336. The highest BCUT2D eigenvalue weighted by Crippen LogP contribution is 2.37. The van der Waals surface area contributed by atoms with Gasteiger partial charge in [0, 0.05) is 30.4 Å². The SMILES string of the molecule is COC(=O)C1=C(C(=O)OC)N(c2cc(-c3cn4cccnc4n3)ccc2OC)C=CC=C1. The third-order valence-electron chi connectivity index (χ3n) is 4.86. The van der Waals surface area contributed by atoms with Gasteiger partial charge in [0.15, 0.2) is 0 Å². The Balaban J connectivity index is 1.90. The van der Waals surface area contributed by atoms with Gasteiger partial charge in [-0.2, -0.15) is 0 Å². The average molecular weight is 432 g/mol. The van der Waals surface area contributed by atoms with Crippen molar-refractivity contribution in [1.29, 1.82) is 0 Å². The zero-order valence-corrected chi connectivity index (χ0v) is 17.7. The number of carbonyl (C=O) groups is 2. The third kappa shape index (κ3) is 3.71. The zero-order chi connectivity index (χ0) is 22.7. The van der Waals surface area contributed by atoms with Gasteiger partial charge in [0.1, 0.15) is 11.4 Å². The Morgan fingerprint density at radius 3 is 2.56 bits per heavy atom. The summed E-state index contributed by atoms with van der Waals surface area (Å²) in [5.41, 5.74) is 2.00. The Morgan fingerprint density at radius 1 is 1.03 bits per heavy atom. The number of hydrogen-bond acceptors (Lipinski definition) is 8. The van der Waals surface area contributed by atoms with Crippen LogP contribution in [0, 0.1) is 0 Å². The number of ether oxygens (including phenoxy) is 3. The number of imidazole rings is 1. The van der Waals surface area contributed by atoms with Crippen molar-refractivity contribution >= 4 is 23.4 Å². The highest BCUT2D eigenvalue weighted by atomic mass is 16.5. The number of fused-ring (bicyclic) bond motifs is 1. The first-order valence-electron chi connectivity index (χ1n) is 9.60. The molecule has 0 spiro atoms. The molecule has 0 saturated heterocycles. The molecule has 0 radical (unpaired) electrons. The fourth-order valence-corrected chi connectivity index (χ4v) is 3.36. The van der Waals surface area contributed by atoms with Gasteiger partial charge in [0.25, 0.3) is 0 Å². The van der Waals surface area contributed by atoms with E-state index in [-0.39, 0.29) is 11.3 Å². The normalized spacial score (nSPS) is 13.3. The molecule has 9 heteroatoms. The van der Waals surface area contributed by atoms with Gasteiger partial charge in [-0.1, -0.05) is 6.08 Å². The number of esters is 2. The van der Waals surface area contributed by atoms with Crippen molar-refractivity contribution in [1.82, 2.24) is 14.4 Å². The molecule has 9 nitrogen and oxygen atoms in total. The monoisotopic (exact) mass is 432 g/mol. The number of hydrogen-bond donors (Lipinski definition) is 0. The predicted molar refractivity (Wildman–Crippen MR) is 117 cm³/mol. The number of anilines is 1. The molecule has 162 valence electrons. The molecule has 1 aliphatic heterocycles. The summed E-state index contributed by atoms with van der Waals surface area (Å²) in [6, 6.07) is 7.25. The van der Waals surface area contributed by atoms with Crippen LogP contribution in [-0.2, 0) is 19.1 Å². The lowest BCUT2D eigenvalue weighted by atomic mass is 10.1. The van der Waals surface area contributed by atoms with Crippen LogP contribution in [0.5, 0.6) is 5.75 Å². The van der Waals surface area contributed by atoms with Crippen LogP contribution >= 0.6 is 0 Å². The molecule has 0 atom stereocenters. The van der Waals surface area contributed by atoms with E-state index in [1.54, 1.807) is 30.6 Å². The van der Waals surface area contributed by atoms with E-state index in [9.17, 15) is 9.59 Å². The Morgan fingerprint density at radius 2 is 1.84 bits per heavy atom. The molecule has 4 rings (SSSR count). The number of aromatic nitrogens is 3. The zero-order valence-electron chi connectivity index (χ0n) is 17.7. The Hall–Kier alpha value is -4.40. The van der Waals surface area contributed by atoms with E-state index in [0.717, 1.165) is 5.56 Å². The maximum absolute atomic E-state index is 12.7. The quantitative estimate of drug-likeness (QED) is 0.568. The summed E-state index contributed by atoms with van der Waals surface area (Å²) in [7, 11) is 4.02. The highest BCUT2D eigenvalue weighted by molar-refractivity contribution is 6.05. The van der Waals surface area contributed by atoms with Crippen LogP contribution in [0.25, 0.3) is 17.0 Å². The largest absolute Gasteiger partial charge is 0.495 e. The predicted octanol–water partition coefficient (Wildman–Crippen LogP) is 2.89. The molecule has 0 amide bonds. The maximum atomic E-state index is 12.7.